The van der Waals surface area contributed by atoms with Gasteiger partial charge in [-0.15, -0.1) is 0 Å². The summed E-state index contributed by atoms with van der Waals surface area (Å²) in [6.07, 6.45) is 0. The first-order valence-electron chi connectivity index (χ1n) is 20.9. The Morgan fingerprint density at radius 2 is 0.538 bits per heavy atom. The van der Waals surface area contributed by atoms with E-state index in [0.717, 1.165) is 44.5 Å². The van der Waals surface area contributed by atoms with Crippen LogP contribution in [0.1, 0.15) is 66.8 Å². The second kappa shape index (κ2) is 14.5. The molecule has 0 spiro atoms. The van der Waals surface area contributed by atoms with Crippen molar-refractivity contribution >= 4 is 56.5 Å². The van der Waals surface area contributed by atoms with Gasteiger partial charge in [0.2, 0.25) is 0 Å². The first-order chi connectivity index (χ1) is 31.3. The fourth-order valence-electron chi connectivity index (χ4n) is 10.0. The lowest BCUT2D eigenvalue weighted by molar-refractivity contribution is 0.396. The van der Waals surface area contributed by atoms with Gasteiger partial charge in [-0.1, -0.05) is 0 Å². The molecule has 0 unspecified atom stereocenters. The summed E-state index contributed by atoms with van der Waals surface area (Å²) in [7, 11) is 13.1. The number of benzene rings is 4. The Bertz CT molecular complexity index is 3260. The van der Waals surface area contributed by atoms with Gasteiger partial charge in [-0.25, -0.2) is 44.8 Å². The molecule has 2 aromatic heterocycles. The van der Waals surface area contributed by atoms with E-state index in [4.69, 9.17) is 67.8 Å². The van der Waals surface area contributed by atoms with Gasteiger partial charge in [-0.05, 0) is 99.9 Å². The lowest BCUT2D eigenvalue weighted by Crippen LogP contribution is -2.39. The molecule has 0 fully saturated rings. The average Bonchev–Trinajstić information content (AvgIpc) is 3.99. The van der Waals surface area contributed by atoms with Crippen molar-refractivity contribution in [2.75, 3.05) is 62.4 Å². The fraction of sp³-hybridized carbons (Fsp3) is 0.333. The summed E-state index contributed by atoms with van der Waals surface area (Å²) in [4.78, 5) is 32.5. The number of nitrogens with one attached hydrogen (secondary N) is 1. The van der Waals surface area contributed by atoms with E-state index in [1.54, 1.807) is 66.2 Å². The van der Waals surface area contributed by atoms with Crippen LogP contribution in [0.5, 0.6) is 46.0 Å². The van der Waals surface area contributed by atoms with Crippen LogP contribution in [0.25, 0.3) is 21.5 Å². The van der Waals surface area contributed by atoms with Crippen molar-refractivity contribution in [2.45, 2.75) is 55.4 Å². The third-order valence-electron chi connectivity index (χ3n) is 13.5. The zero-order valence-corrected chi connectivity index (χ0v) is 39.3. The van der Waals surface area contributed by atoms with Crippen molar-refractivity contribution in [1.82, 2.24) is 9.35 Å². The van der Waals surface area contributed by atoms with Crippen LogP contribution in [-0.2, 0) is 0 Å². The van der Waals surface area contributed by atoms with E-state index in [9.17, 15) is 0 Å². The standard InChI is InChI=1S/C48H49N9O8/c1-17-18(2)34(59-10)26-25(33(17)58-9)41-49-42(26)52-46-31-32(40(65-16)24(8)23(7)39(31)64-15)48-54-44-28-27(35(60-11)19(3)20(4)36(28)61-12)43(50-44)53-47-30-29(45(51-41)56(47)55-57(46)48)37(62-13)21(5)22(6)38(30)63-14/h55H,1-16H3. The molecule has 4 aliphatic heterocycles. The molecule has 65 heavy (non-hydrogen) atoms. The average molecular weight is 880 g/mol. The number of fused-ring (bicyclic) bond motifs is 14. The van der Waals surface area contributed by atoms with Crippen LogP contribution < -0.4 is 54.4 Å². The van der Waals surface area contributed by atoms with Gasteiger partial charge in [-0.2, -0.15) is 0 Å². The highest BCUT2D eigenvalue weighted by Crippen LogP contribution is 2.53. The van der Waals surface area contributed by atoms with Gasteiger partial charge in [0, 0.05) is 0 Å². The molecule has 0 aliphatic carbocycles. The molecule has 17 nitrogen and oxygen atoms in total. The summed E-state index contributed by atoms with van der Waals surface area (Å²) < 4.78 is 53.7. The predicted molar refractivity (Wildman–Crippen MR) is 250 cm³/mol. The molecule has 4 aromatic carbocycles. The molecule has 6 heterocycles. The van der Waals surface area contributed by atoms with Gasteiger partial charge in [0.15, 0.2) is 46.0 Å². The van der Waals surface area contributed by atoms with E-state index in [0.29, 0.717) is 136 Å². The second-order valence-corrected chi connectivity index (χ2v) is 16.3. The Kier molecular flexibility index (Phi) is 9.24. The number of rotatable bonds is 8. The number of hydrogen-bond acceptors (Lipinski definition) is 15. The highest BCUT2D eigenvalue weighted by Gasteiger charge is 2.39. The Morgan fingerprint density at radius 3 is 0.815 bits per heavy atom. The van der Waals surface area contributed by atoms with Gasteiger partial charge in [-0.3, -0.25) is 0 Å². The van der Waals surface area contributed by atoms with Crippen LogP contribution in [-0.4, -0.2) is 89.6 Å². The minimum Gasteiger partial charge on any atom is -0.496 e. The van der Waals surface area contributed by atoms with E-state index in [1.165, 1.54) is 0 Å². The lowest BCUT2D eigenvalue weighted by atomic mass is 9.96. The Labute approximate surface area is 374 Å². The van der Waals surface area contributed by atoms with E-state index >= 15 is 0 Å². The fourth-order valence-corrected chi connectivity index (χ4v) is 10.0. The molecule has 10 rings (SSSR count). The SMILES string of the molecule is COc1c(C)c(C)c(OC)c2c1C1=NC2=Nc2c3c(OC)c(C)c(C)c(OC)c3c3n2Nn2c(c4c(OC)c(C)c(C)c(OC)c4c2=NC2=NC(=N3)c3c(OC)c(C)c(C)c(OC)c32)=N1. The molecule has 6 bridgehead atoms. The molecule has 0 radical (unpaired) electrons. The molecule has 6 aromatic rings. The van der Waals surface area contributed by atoms with Gasteiger partial charge < -0.3 is 37.9 Å². The number of methoxy groups -OCH3 is 8. The van der Waals surface area contributed by atoms with Crippen molar-refractivity contribution in [3.8, 4) is 46.0 Å². The van der Waals surface area contributed by atoms with Crippen LogP contribution in [0.2, 0.25) is 0 Å². The zero-order valence-electron chi connectivity index (χ0n) is 39.3. The number of amidine groups is 4. The number of nitrogens with zero attached hydrogens (tertiary/aromatic N) is 8. The van der Waals surface area contributed by atoms with Gasteiger partial charge in [0.1, 0.15) is 46.0 Å². The van der Waals surface area contributed by atoms with Crippen LogP contribution >= 0.6 is 0 Å². The van der Waals surface area contributed by atoms with Crippen LogP contribution in [0.4, 0.5) is 11.6 Å². The van der Waals surface area contributed by atoms with Gasteiger partial charge in [0.05, 0.1) is 101 Å². The number of aromatic nitrogens is 2. The molecule has 0 amide bonds. The molecular weight excluding hydrogens is 831 g/mol. The Balaban J connectivity index is 1.58. The van der Waals surface area contributed by atoms with Crippen molar-refractivity contribution in [3.05, 3.63) is 77.7 Å². The molecule has 334 valence electrons. The van der Waals surface area contributed by atoms with E-state index < -0.39 is 0 Å². The van der Waals surface area contributed by atoms with Gasteiger partial charge >= 0.3 is 0 Å². The number of aliphatic imine (C=N–C) groups is 4. The number of hydrogen-bond donors (Lipinski definition) is 1. The topological polar surface area (TPSA) is 170 Å². The second-order valence-electron chi connectivity index (χ2n) is 16.3. The minimum atomic E-state index is 0.319. The summed E-state index contributed by atoms with van der Waals surface area (Å²) in [6, 6.07) is 0. The first kappa shape index (κ1) is 41.5. The Morgan fingerprint density at radius 1 is 0.292 bits per heavy atom. The van der Waals surface area contributed by atoms with Crippen molar-refractivity contribution < 1.29 is 37.9 Å². The van der Waals surface area contributed by atoms with Crippen molar-refractivity contribution in [3.63, 3.8) is 0 Å². The summed E-state index contributed by atoms with van der Waals surface area (Å²) in [5.41, 5.74) is 13.7. The highest BCUT2D eigenvalue weighted by atomic mass is 16.5. The normalized spacial score (nSPS) is 14.0. The third kappa shape index (κ3) is 5.14. The Hall–Kier alpha value is -7.56. The summed E-state index contributed by atoms with van der Waals surface area (Å²) in [6.45, 7) is 15.9. The molecule has 0 saturated heterocycles. The lowest BCUT2D eigenvalue weighted by Gasteiger charge is -2.18. The molecular formula is C48H49N9O8. The highest BCUT2D eigenvalue weighted by molar-refractivity contribution is 6.28. The van der Waals surface area contributed by atoms with Crippen LogP contribution in [0.15, 0.2) is 30.0 Å². The maximum Gasteiger partial charge on any atom is 0.169 e. The largest absolute Gasteiger partial charge is 0.496 e. The van der Waals surface area contributed by atoms with Gasteiger partial charge in [0.25, 0.3) is 0 Å². The molecule has 4 aliphatic rings. The van der Waals surface area contributed by atoms with E-state index in [2.05, 4.69) is 5.53 Å². The van der Waals surface area contributed by atoms with E-state index in [-0.39, 0.29) is 0 Å². The summed E-state index contributed by atoms with van der Waals surface area (Å²) in [5, 5.41) is 2.37. The maximum atomic E-state index is 6.33. The first-order valence-corrected chi connectivity index (χ1v) is 20.9. The molecule has 0 saturated carbocycles. The smallest absolute Gasteiger partial charge is 0.169 e. The summed E-state index contributed by atoms with van der Waals surface area (Å²) in [5.74, 6) is 6.56. The van der Waals surface area contributed by atoms with Crippen LogP contribution in [0.3, 0.4) is 0 Å². The maximum absolute atomic E-state index is 6.33. The van der Waals surface area contributed by atoms with E-state index in [1.807, 2.05) is 55.4 Å². The van der Waals surface area contributed by atoms with Crippen LogP contribution in [0, 0.1) is 55.4 Å². The predicted octanol–water partition coefficient (Wildman–Crippen LogP) is 7.08. The molecule has 0 atom stereocenters. The third-order valence-corrected chi connectivity index (χ3v) is 13.5. The summed E-state index contributed by atoms with van der Waals surface area (Å²) >= 11 is 0. The zero-order chi connectivity index (χ0) is 46.2. The minimum absolute atomic E-state index is 0.319. The van der Waals surface area contributed by atoms with Crippen molar-refractivity contribution in [2.24, 2.45) is 30.0 Å². The monoisotopic (exact) mass is 879 g/mol. The molecule has 17 heteroatoms. The molecule has 1 N–H and O–H groups in total. The van der Waals surface area contributed by atoms with Crippen molar-refractivity contribution in [1.29, 1.82) is 0 Å². The number of ether oxygens (including phenoxy) is 8. The quantitative estimate of drug-likeness (QED) is 0.168.